The fraction of sp³-hybridized carbons (Fsp3) is 0.0833. The van der Waals surface area contributed by atoms with Gasteiger partial charge in [0.2, 0.25) is 0 Å². The van der Waals surface area contributed by atoms with Crippen molar-refractivity contribution in [1.82, 2.24) is 19.1 Å². The quantitative estimate of drug-likeness (QED) is 0.110. The van der Waals surface area contributed by atoms with E-state index in [2.05, 4.69) is 26.8 Å². The Balaban J connectivity index is 0.000000202. The number of nitrogens with two attached hydrogens (primary N) is 2. The monoisotopic (exact) mass is 735 g/mol. The molecule has 16 heteroatoms. The Hall–Kier alpha value is -6.75. The third-order valence-electron chi connectivity index (χ3n) is 7.60. The molecule has 4 aromatic carbocycles. The summed E-state index contributed by atoms with van der Waals surface area (Å²) in [6, 6.07) is 19.9. The van der Waals surface area contributed by atoms with Crippen LogP contribution in [0.3, 0.4) is 0 Å². The lowest BCUT2D eigenvalue weighted by Crippen LogP contribution is -2.24. The van der Waals surface area contributed by atoms with Crippen LogP contribution in [0.4, 0.5) is 0 Å². The summed E-state index contributed by atoms with van der Waals surface area (Å²) in [4.78, 5) is 36.1. The van der Waals surface area contributed by atoms with E-state index in [1.807, 2.05) is 30.3 Å². The van der Waals surface area contributed by atoms with Crippen LogP contribution >= 0.6 is 0 Å². The number of terminal acetylenes is 2. The van der Waals surface area contributed by atoms with E-state index in [0.29, 0.717) is 22.2 Å². The fourth-order valence-corrected chi connectivity index (χ4v) is 7.02. The highest BCUT2D eigenvalue weighted by molar-refractivity contribution is 7.91. The zero-order chi connectivity index (χ0) is 38.0. The first-order valence-corrected chi connectivity index (χ1v) is 18.6. The fourth-order valence-electron chi connectivity index (χ4n) is 5.28. The standard InChI is InChI=1S/C18H15N5O3S.C18H14N2O4S/c1-3-11-8-15(23-10-21-13-6-4-5-7-14(13)23)16(27(2,25)26)9-12(11)17(24)22-18(19)20;1-4-12-9-16(20-11-19-14-7-5-6-8-15(14)20)17(25(3,22)23)10-13(12)18(21)24-2/h1,4-10H,2H3,(H4,19,20,22,24);1,5-11H,2-3H3. The van der Waals surface area contributed by atoms with Crippen LogP contribution in [-0.2, 0) is 24.4 Å². The molecule has 0 unspecified atom stereocenters. The average molecular weight is 736 g/mol. The smallest absolute Gasteiger partial charge is 0.339 e. The molecule has 6 rings (SSSR count). The Morgan fingerprint density at radius 1 is 0.731 bits per heavy atom. The number of methoxy groups -OCH3 is 1. The second kappa shape index (κ2) is 14.2. The zero-order valence-corrected chi connectivity index (χ0v) is 29.4. The number of hydrogen-bond donors (Lipinski definition) is 2. The van der Waals surface area contributed by atoms with Crippen molar-refractivity contribution in [3.8, 4) is 36.1 Å². The lowest BCUT2D eigenvalue weighted by molar-refractivity contribution is 0.0600. The number of benzene rings is 4. The first-order valence-electron chi connectivity index (χ1n) is 14.9. The predicted octanol–water partition coefficient (Wildman–Crippen LogP) is 3.02. The van der Waals surface area contributed by atoms with E-state index in [-0.39, 0.29) is 37.7 Å². The molecular weight excluding hydrogens is 707 g/mol. The van der Waals surface area contributed by atoms with E-state index in [1.165, 1.54) is 44.0 Å². The number of aromatic nitrogens is 4. The maximum atomic E-state index is 12.4. The number of hydrogen-bond acceptors (Lipinski definition) is 9. The third-order valence-corrected chi connectivity index (χ3v) is 9.85. The summed E-state index contributed by atoms with van der Waals surface area (Å²) in [6.07, 6.45) is 16.2. The number of carbonyl (C=O) groups excluding carboxylic acids is 2. The summed E-state index contributed by atoms with van der Waals surface area (Å²) < 4.78 is 57.3. The van der Waals surface area contributed by atoms with Gasteiger partial charge >= 0.3 is 5.97 Å². The molecule has 52 heavy (non-hydrogen) atoms. The molecule has 0 fully saturated rings. The van der Waals surface area contributed by atoms with Gasteiger partial charge < -0.3 is 16.2 Å². The van der Waals surface area contributed by atoms with Gasteiger partial charge in [0.05, 0.1) is 61.5 Å². The van der Waals surface area contributed by atoms with Crippen LogP contribution in [0.25, 0.3) is 33.4 Å². The van der Waals surface area contributed by atoms with Crippen molar-refractivity contribution in [2.45, 2.75) is 9.79 Å². The summed E-state index contributed by atoms with van der Waals surface area (Å²) in [6.45, 7) is 0. The highest BCUT2D eigenvalue weighted by atomic mass is 32.2. The lowest BCUT2D eigenvalue weighted by atomic mass is 10.1. The molecule has 0 atom stereocenters. The van der Waals surface area contributed by atoms with Crippen LogP contribution in [0.5, 0.6) is 0 Å². The number of nitrogens with zero attached hydrogens (tertiary/aromatic N) is 5. The molecule has 0 aliphatic heterocycles. The molecule has 1 amide bonds. The second-order valence-corrected chi connectivity index (χ2v) is 15.1. The number of carbonyl (C=O) groups is 2. The van der Waals surface area contributed by atoms with E-state index in [4.69, 9.17) is 29.1 Å². The predicted molar refractivity (Wildman–Crippen MR) is 196 cm³/mol. The molecule has 262 valence electrons. The first-order chi connectivity index (χ1) is 24.6. The van der Waals surface area contributed by atoms with Crippen molar-refractivity contribution in [2.75, 3.05) is 19.6 Å². The lowest BCUT2D eigenvalue weighted by Gasteiger charge is -2.13. The number of sulfone groups is 2. The van der Waals surface area contributed by atoms with Gasteiger partial charge in [-0.2, -0.15) is 4.99 Å². The summed E-state index contributed by atoms with van der Waals surface area (Å²) in [7, 11) is -6.15. The zero-order valence-electron chi connectivity index (χ0n) is 27.8. The highest BCUT2D eigenvalue weighted by Crippen LogP contribution is 2.30. The van der Waals surface area contributed by atoms with Gasteiger partial charge in [0, 0.05) is 23.6 Å². The third kappa shape index (κ3) is 7.24. The Morgan fingerprint density at radius 2 is 1.15 bits per heavy atom. The maximum Gasteiger partial charge on any atom is 0.339 e. The van der Waals surface area contributed by atoms with E-state index in [0.717, 1.165) is 18.0 Å². The Kier molecular flexibility index (Phi) is 10.0. The van der Waals surface area contributed by atoms with E-state index in [1.54, 1.807) is 27.3 Å². The molecule has 2 heterocycles. The number of para-hydroxylation sites is 4. The summed E-state index contributed by atoms with van der Waals surface area (Å²) >= 11 is 0. The Morgan fingerprint density at radius 3 is 1.56 bits per heavy atom. The Bertz CT molecular complexity index is 2760. The largest absolute Gasteiger partial charge is 0.465 e. The Labute approximate surface area is 298 Å². The van der Waals surface area contributed by atoms with Crippen molar-refractivity contribution in [2.24, 2.45) is 16.5 Å². The van der Waals surface area contributed by atoms with E-state index in [9.17, 15) is 26.4 Å². The number of ether oxygens (including phenoxy) is 1. The molecule has 4 N–H and O–H groups in total. The van der Waals surface area contributed by atoms with Crippen molar-refractivity contribution in [3.63, 3.8) is 0 Å². The summed E-state index contributed by atoms with van der Waals surface area (Å²) in [5.41, 5.74) is 14.2. The molecule has 14 nitrogen and oxygen atoms in total. The van der Waals surface area contributed by atoms with Crippen LogP contribution in [0.1, 0.15) is 31.8 Å². The number of fused-ring (bicyclic) bond motifs is 2. The molecule has 0 aliphatic carbocycles. The normalized spacial score (nSPS) is 11.2. The van der Waals surface area contributed by atoms with Gasteiger partial charge in [-0.05, 0) is 48.5 Å². The van der Waals surface area contributed by atoms with Crippen molar-refractivity contribution < 1.29 is 31.2 Å². The second-order valence-electron chi connectivity index (χ2n) is 11.1. The SMILES string of the molecule is C#Cc1cc(-n2cnc3ccccc32)c(S(C)(=O)=O)cc1C(=O)N=C(N)N.C#Cc1cc(-n2cnc3ccccc32)c(S(C)(=O)=O)cc1C(=O)OC. The van der Waals surface area contributed by atoms with Gasteiger partial charge in [0.15, 0.2) is 25.6 Å². The van der Waals surface area contributed by atoms with Crippen LogP contribution in [0, 0.1) is 24.7 Å². The van der Waals surface area contributed by atoms with Gasteiger partial charge in [-0.3, -0.25) is 13.9 Å². The molecular formula is C36H29N7O7S2. The van der Waals surface area contributed by atoms with Crippen LogP contribution in [0.2, 0.25) is 0 Å². The van der Waals surface area contributed by atoms with Gasteiger partial charge in [-0.15, -0.1) is 12.8 Å². The van der Waals surface area contributed by atoms with Gasteiger partial charge in [0.25, 0.3) is 5.91 Å². The van der Waals surface area contributed by atoms with Gasteiger partial charge in [0.1, 0.15) is 12.7 Å². The number of esters is 1. The molecule has 0 saturated heterocycles. The highest BCUT2D eigenvalue weighted by Gasteiger charge is 2.24. The molecule has 6 aromatic rings. The number of imidazole rings is 2. The molecule has 2 aromatic heterocycles. The van der Waals surface area contributed by atoms with E-state index < -0.39 is 37.5 Å². The number of aliphatic imine (C=N–C) groups is 1. The average Bonchev–Trinajstić information content (AvgIpc) is 3.74. The minimum atomic E-state index is -3.72. The van der Waals surface area contributed by atoms with E-state index >= 15 is 0 Å². The number of rotatable bonds is 6. The number of amides is 1. The van der Waals surface area contributed by atoms with Crippen LogP contribution in [0.15, 0.2) is 100 Å². The van der Waals surface area contributed by atoms with Crippen LogP contribution in [-0.4, -0.2) is 73.4 Å². The maximum absolute atomic E-state index is 12.4. The van der Waals surface area contributed by atoms with Crippen molar-refractivity contribution in [3.05, 3.63) is 108 Å². The first kappa shape index (κ1) is 36.5. The van der Waals surface area contributed by atoms with Crippen LogP contribution < -0.4 is 11.5 Å². The van der Waals surface area contributed by atoms with Crippen molar-refractivity contribution in [1.29, 1.82) is 0 Å². The molecule has 0 spiro atoms. The van der Waals surface area contributed by atoms with Gasteiger partial charge in [-0.25, -0.2) is 31.6 Å². The molecule has 0 saturated carbocycles. The minimum absolute atomic E-state index is 0.0265. The summed E-state index contributed by atoms with van der Waals surface area (Å²) in [5.74, 6) is 2.82. The van der Waals surface area contributed by atoms with Crippen molar-refractivity contribution >= 4 is 59.6 Å². The van der Waals surface area contributed by atoms with Gasteiger partial charge in [-0.1, -0.05) is 36.1 Å². The topological polar surface area (TPSA) is 212 Å². The molecule has 0 aliphatic rings. The summed E-state index contributed by atoms with van der Waals surface area (Å²) in [5, 5.41) is 0. The minimum Gasteiger partial charge on any atom is -0.465 e. The molecule has 0 bridgehead atoms. The number of guanidine groups is 1. The molecule has 0 radical (unpaired) electrons.